The number of aromatic amines is 1. The Morgan fingerprint density at radius 3 is 2.53 bits per heavy atom. The summed E-state index contributed by atoms with van der Waals surface area (Å²) in [5.41, 5.74) is 5.66. The summed E-state index contributed by atoms with van der Waals surface area (Å²) in [6.07, 6.45) is -0.671. The third kappa shape index (κ3) is 5.40. The molecule has 34 heavy (non-hydrogen) atoms. The van der Waals surface area contributed by atoms with Gasteiger partial charge in [0, 0.05) is 31.3 Å². The van der Waals surface area contributed by atoms with Gasteiger partial charge in [0.1, 0.15) is 17.8 Å². The van der Waals surface area contributed by atoms with Gasteiger partial charge in [-0.3, -0.25) is 24.2 Å². The van der Waals surface area contributed by atoms with Gasteiger partial charge in [0.2, 0.25) is 5.95 Å². The van der Waals surface area contributed by atoms with E-state index in [9.17, 15) is 29.1 Å². The lowest BCUT2D eigenvalue weighted by Gasteiger charge is -2.29. The molecule has 1 aliphatic heterocycles. The van der Waals surface area contributed by atoms with E-state index in [1.165, 1.54) is 36.2 Å². The number of hydrogen-bond donors (Lipinski definition) is 7. The van der Waals surface area contributed by atoms with Crippen LogP contribution in [-0.4, -0.2) is 69.6 Å². The molecule has 14 heteroatoms. The number of aromatic nitrogens is 2. The summed E-state index contributed by atoms with van der Waals surface area (Å²) in [7, 11) is 1.52. The van der Waals surface area contributed by atoms with Crippen molar-refractivity contribution in [3.05, 3.63) is 40.2 Å². The zero-order valence-electron chi connectivity index (χ0n) is 18.0. The number of benzene rings is 1. The molecule has 3 rings (SSSR count). The Hall–Kier alpha value is -4.62. The van der Waals surface area contributed by atoms with E-state index in [1.54, 1.807) is 0 Å². The molecule has 8 N–H and O–H groups in total. The van der Waals surface area contributed by atoms with Crippen LogP contribution in [0.1, 0.15) is 23.2 Å². The molecule has 14 nitrogen and oxygen atoms in total. The van der Waals surface area contributed by atoms with Gasteiger partial charge in [-0.25, -0.2) is 4.79 Å². The third-order valence-corrected chi connectivity index (χ3v) is 5.13. The Balaban J connectivity index is 1.66. The molecule has 2 heterocycles. The molecule has 0 aliphatic carbocycles. The highest BCUT2D eigenvalue weighted by Crippen LogP contribution is 2.22. The lowest BCUT2D eigenvalue weighted by Crippen LogP contribution is -2.48. The van der Waals surface area contributed by atoms with Crippen LogP contribution in [0.4, 0.5) is 23.1 Å². The Labute approximate surface area is 192 Å². The van der Waals surface area contributed by atoms with Crippen LogP contribution in [0.15, 0.2) is 29.1 Å². The SMILES string of the molecule is CN(C(=O)C1CNc2nc(N)[nH]c(=O)c2N1)c1ccc(C(=O)NC(CCC(=O)O)C(=O)O)cc1. The predicted molar refractivity (Wildman–Crippen MR) is 121 cm³/mol. The van der Waals surface area contributed by atoms with Crippen LogP contribution in [0, 0.1) is 0 Å². The molecule has 1 aliphatic rings. The van der Waals surface area contributed by atoms with Crippen molar-refractivity contribution in [2.24, 2.45) is 0 Å². The first-order valence-electron chi connectivity index (χ1n) is 10.1. The number of carboxylic acids is 2. The first-order valence-corrected chi connectivity index (χ1v) is 10.1. The van der Waals surface area contributed by atoms with Crippen molar-refractivity contribution in [3.8, 4) is 0 Å². The molecule has 1 aromatic heterocycles. The minimum atomic E-state index is -1.35. The number of nitrogens with two attached hydrogens (primary N) is 1. The van der Waals surface area contributed by atoms with Crippen molar-refractivity contribution in [1.82, 2.24) is 15.3 Å². The fourth-order valence-electron chi connectivity index (χ4n) is 3.29. The minimum absolute atomic E-state index is 0.0550. The largest absolute Gasteiger partial charge is 0.481 e. The molecule has 180 valence electrons. The number of H-pyrrole nitrogens is 1. The molecule has 0 radical (unpaired) electrons. The number of aliphatic carboxylic acids is 2. The summed E-state index contributed by atoms with van der Waals surface area (Å²) in [4.78, 5) is 67.0. The van der Waals surface area contributed by atoms with Crippen LogP contribution < -0.4 is 32.1 Å². The van der Waals surface area contributed by atoms with Crippen LogP contribution in [0.2, 0.25) is 0 Å². The highest BCUT2D eigenvalue weighted by Gasteiger charge is 2.29. The summed E-state index contributed by atoms with van der Waals surface area (Å²) in [5, 5.41) is 25.9. The first kappa shape index (κ1) is 24.0. The molecule has 0 saturated carbocycles. The summed E-state index contributed by atoms with van der Waals surface area (Å²) in [6.45, 7) is 0.152. The van der Waals surface area contributed by atoms with E-state index in [-0.39, 0.29) is 41.9 Å². The molecule has 2 amide bonds. The summed E-state index contributed by atoms with van der Waals surface area (Å²) in [6, 6.07) is 3.68. The minimum Gasteiger partial charge on any atom is -0.481 e. The second kappa shape index (κ2) is 9.89. The van der Waals surface area contributed by atoms with Gasteiger partial charge in [-0.05, 0) is 30.7 Å². The maximum atomic E-state index is 12.9. The number of carbonyl (C=O) groups is 4. The average molecular weight is 473 g/mol. The monoisotopic (exact) mass is 473 g/mol. The van der Waals surface area contributed by atoms with Gasteiger partial charge >= 0.3 is 11.9 Å². The number of likely N-dealkylation sites (N-methyl/N-ethyl adjacent to an activating group) is 1. The Morgan fingerprint density at radius 1 is 1.24 bits per heavy atom. The second-order valence-electron chi connectivity index (χ2n) is 7.49. The number of fused-ring (bicyclic) bond motifs is 1. The molecular weight excluding hydrogens is 450 g/mol. The normalized spacial score (nSPS) is 15.1. The Bertz CT molecular complexity index is 1180. The number of carbonyl (C=O) groups excluding carboxylic acids is 2. The quantitative estimate of drug-likeness (QED) is 0.253. The lowest BCUT2D eigenvalue weighted by atomic mass is 10.1. The van der Waals surface area contributed by atoms with E-state index < -0.39 is 41.9 Å². The van der Waals surface area contributed by atoms with Crippen LogP contribution >= 0.6 is 0 Å². The highest BCUT2D eigenvalue weighted by molar-refractivity contribution is 6.01. The number of nitrogens with zero attached hydrogens (tertiary/aromatic N) is 2. The molecule has 2 aromatic rings. The van der Waals surface area contributed by atoms with Crippen molar-refractivity contribution in [1.29, 1.82) is 0 Å². The molecule has 0 fully saturated rings. The van der Waals surface area contributed by atoms with Crippen molar-refractivity contribution >= 4 is 46.9 Å². The maximum absolute atomic E-state index is 12.9. The van der Waals surface area contributed by atoms with Crippen LogP contribution in [0.3, 0.4) is 0 Å². The topological polar surface area (TPSA) is 220 Å². The van der Waals surface area contributed by atoms with Crippen molar-refractivity contribution < 1.29 is 29.4 Å². The number of carboxylic acid groups (broad SMARTS) is 2. The van der Waals surface area contributed by atoms with Gasteiger partial charge in [0.25, 0.3) is 17.4 Å². The number of nitrogen functional groups attached to an aromatic ring is 1. The fourth-order valence-corrected chi connectivity index (χ4v) is 3.29. The molecule has 0 saturated heterocycles. The van der Waals surface area contributed by atoms with E-state index in [0.717, 1.165) is 0 Å². The van der Waals surface area contributed by atoms with Gasteiger partial charge in [0.05, 0.1) is 0 Å². The van der Waals surface area contributed by atoms with E-state index in [1.807, 2.05) is 0 Å². The number of rotatable bonds is 8. The molecule has 1 aromatic carbocycles. The smallest absolute Gasteiger partial charge is 0.326 e. The second-order valence-corrected chi connectivity index (χ2v) is 7.49. The molecule has 0 spiro atoms. The van der Waals surface area contributed by atoms with Gasteiger partial charge < -0.3 is 36.8 Å². The average Bonchev–Trinajstić information content (AvgIpc) is 2.80. The summed E-state index contributed by atoms with van der Waals surface area (Å²) in [5.74, 6) is -3.39. The predicted octanol–water partition coefficient (Wildman–Crippen LogP) is -0.731. The van der Waals surface area contributed by atoms with Crippen molar-refractivity contribution in [2.75, 3.05) is 34.9 Å². The Kier molecular flexibility index (Phi) is 6.99. The van der Waals surface area contributed by atoms with Crippen LogP contribution in [-0.2, 0) is 14.4 Å². The third-order valence-electron chi connectivity index (χ3n) is 5.13. The zero-order chi connectivity index (χ0) is 25.0. The van der Waals surface area contributed by atoms with Crippen LogP contribution in [0.5, 0.6) is 0 Å². The standard InChI is InChI=1S/C20H23N7O7/c1-27(18(32)12-8-22-15-14(23-12)17(31)26-20(21)25-15)10-4-2-9(3-5-10)16(30)24-11(19(33)34)6-7-13(28)29/h2-5,11-12,23H,6-8H2,1H3,(H,24,30)(H,28,29)(H,33,34)(H4,21,22,25,26,31). The van der Waals surface area contributed by atoms with Gasteiger partial charge in [-0.15, -0.1) is 0 Å². The van der Waals surface area contributed by atoms with E-state index >= 15 is 0 Å². The maximum Gasteiger partial charge on any atom is 0.326 e. The van der Waals surface area contributed by atoms with E-state index in [0.29, 0.717) is 5.69 Å². The van der Waals surface area contributed by atoms with Crippen molar-refractivity contribution in [2.45, 2.75) is 24.9 Å². The van der Waals surface area contributed by atoms with E-state index in [2.05, 4.69) is 25.9 Å². The summed E-state index contributed by atoms with van der Waals surface area (Å²) < 4.78 is 0. The number of hydrogen-bond acceptors (Lipinski definition) is 9. The first-order chi connectivity index (χ1) is 16.1. The molecular formula is C20H23N7O7. The van der Waals surface area contributed by atoms with Gasteiger partial charge in [0.15, 0.2) is 5.82 Å². The fraction of sp³-hybridized carbons (Fsp3) is 0.300. The van der Waals surface area contributed by atoms with Crippen LogP contribution in [0.25, 0.3) is 0 Å². The highest BCUT2D eigenvalue weighted by atomic mass is 16.4. The Morgan fingerprint density at radius 2 is 1.91 bits per heavy atom. The zero-order valence-corrected chi connectivity index (χ0v) is 18.0. The molecule has 2 unspecified atom stereocenters. The van der Waals surface area contributed by atoms with E-state index in [4.69, 9.17) is 10.8 Å². The van der Waals surface area contributed by atoms with Crippen molar-refractivity contribution in [3.63, 3.8) is 0 Å². The molecule has 2 atom stereocenters. The number of amides is 2. The number of anilines is 4. The summed E-state index contributed by atoms with van der Waals surface area (Å²) >= 11 is 0. The number of nitrogens with one attached hydrogen (secondary N) is 4. The van der Waals surface area contributed by atoms with Gasteiger partial charge in [-0.1, -0.05) is 0 Å². The lowest BCUT2D eigenvalue weighted by molar-refractivity contribution is -0.140. The molecule has 0 bridgehead atoms. The van der Waals surface area contributed by atoms with Gasteiger partial charge in [-0.2, -0.15) is 4.98 Å².